The predicted octanol–water partition coefficient (Wildman–Crippen LogP) is 3.16. The minimum absolute atomic E-state index is 0.144. The van der Waals surface area contributed by atoms with E-state index in [9.17, 15) is 10.1 Å². The molecule has 0 aromatic heterocycles. The second-order valence-electron chi connectivity index (χ2n) is 4.35. The highest BCUT2D eigenvalue weighted by Crippen LogP contribution is 2.39. The molecule has 4 nitrogen and oxygen atoms in total. The van der Waals surface area contributed by atoms with Gasteiger partial charge in [-0.05, 0) is 17.7 Å². The van der Waals surface area contributed by atoms with Crippen molar-refractivity contribution in [3.05, 3.63) is 70.3 Å². The van der Waals surface area contributed by atoms with Gasteiger partial charge < -0.3 is 4.90 Å². The maximum absolute atomic E-state index is 10.6. The van der Waals surface area contributed by atoms with E-state index in [2.05, 4.69) is 17.0 Å². The molecule has 0 aliphatic carbocycles. The van der Waals surface area contributed by atoms with Gasteiger partial charge in [-0.1, -0.05) is 30.3 Å². The Bertz CT molecular complexity index is 566. The lowest BCUT2D eigenvalue weighted by atomic mass is 10.1. The quantitative estimate of drug-likeness (QED) is 0.470. The molecule has 3 rings (SSSR count). The summed E-state index contributed by atoms with van der Waals surface area (Å²) in [5, 5.41) is 10.6. The molecular formula is C14H12N2O2. The summed E-state index contributed by atoms with van der Waals surface area (Å²) in [5.74, 6) is 0. The van der Waals surface area contributed by atoms with Crippen LogP contribution in [0.1, 0.15) is 11.6 Å². The zero-order valence-electron chi connectivity index (χ0n) is 9.69. The van der Waals surface area contributed by atoms with Crippen molar-refractivity contribution in [1.82, 2.24) is 0 Å². The Labute approximate surface area is 105 Å². The van der Waals surface area contributed by atoms with E-state index in [4.69, 9.17) is 0 Å². The maximum atomic E-state index is 10.6. The number of benzene rings is 2. The summed E-state index contributed by atoms with van der Waals surface area (Å²) in [4.78, 5) is 12.5. The third kappa shape index (κ3) is 1.93. The van der Waals surface area contributed by atoms with Gasteiger partial charge in [0, 0.05) is 24.4 Å². The normalized spacial score (nSPS) is 17.6. The zero-order valence-corrected chi connectivity index (χ0v) is 9.69. The van der Waals surface area contributed by atoms with E-state index in [0.717, 1.165) is 12.1 Å². The minimum atomic E-state index is -0.369. The van der Waals surface area contributed by atoms with Gasteiger partial charge in [0.05, 0.1) is 11.0 Å². The van der Waals surface area contributed by atoms with Crippen LogP contribution in [-0.4, -0.2) is 11.5 Å². The van der Waals surface area contributed by atoms with E-state index < -0.39 is 0 Å². The summed E-state index contributed by atoms with van der Waals surface area (Å²) < 4.78 is 0. The Morgan fingerprint density at radius 3 is 2.33 bits per heavy atom. The van der Waals surface area contributed by atoms with Crippen molar-refractivity contribution >= 4 is 11.4 Å². The van der Waals surface area contributed by atoms with Crippen molar-refractivity contribution in [2.45, 2.75) is 6.04 Å². The van der Waals surface area contributed by atoms with E-state index in [-0.39, 0.29) is 10.6 Å². The smallest absolute Gasteiger partial charge is 0.269 e. The zero-order chi connectivity index (χ0) is 12.5. The number of para-hydroxylation sites is 1. The van der Waals surface area contributed by atoms with Crippen LogP contribution in [0.3, 0.4) is 0 Å². The first kappa shape index (κ1) is 10.8. The van der Waals surface area contributed by atoms with Gasteiger partial charge in [0.15, 0.2) is 0 Å². The lowest BCUT2D eigenvalue weighted by Crippen LogP contribution is -1.94. The lowest BCUT2D eigenvalue weighted by Gasteiger charge is -2.05. The SMILES string of the molecule is O=[N+]([O-])c1ccc(C2CN2c2ccccc2)cc1. The number of hydrogen-bond donors (Lipinski definition) is 0. The second kappa shape index (κ2) is 4.14. The van der Waals surface area contributed by atoms with E-state index >= 15 is 0 Å². The van der Waals surface area contributed by atoms with Crippen LogP contribution < -0.4 is 4.90 Å². The van der Waals surface area contributed by atoms with Crippen molar-refractivity contribution in [3.8, 4) is 0 Å². The fraction of sp³-hybridized carbons (Fsp3) is 0.143. The molecule has 0 amide bonds. The fourth-order valence-electron chi connectivity index (χ4n) is 2.15. The highest BCUT2D eigenvalue weighted by atomic mass is 16.6. The van der Waals surface area contributed by atoms with Crippen molar-refractivity contribution in [1.29, 1.82) is 0 Å². The molecule has 0 spiro atoms. The van der Waals surface area contributed by atoms with Gasteiger partial charge in [0.2, 0.25) is 0 Å². The standard InChI is InChI=1S/C14H12N2O2/c17-16(18)13-8-6-11(7-9-13)14-10-15(14)12-4-2-1-3-5-12/h1-9,14H,10H2. The Morgan fingerprint density at radius 2 is 1.72 bits per heavy atom. The van der Waals surface area contributed by atoms with Gasteiger partial charge in [-0.2, -0.15) is 0 Å². The molecule has 0 bridgehead atoms. The van der Waals surface area contributed by atoms with Gasteiger partial charge in [-0.3, -0.25) is 10.1 Å². The fourth-order valence-corrected chi connectivity index (χ4v) is 2.15. The lowest BCUT2D eigenvalue weighted by molar-refractivity contribution is -0.384. The van der Waals surface area contributed by atoms with Crippen molar-refractivity contribution in [3.63, 3.8) is 0 Å². The highest BCUT2D eigenvalue weighted by molar-refractivity contribution is 5.56. The van der Waals surface area contributed by atoms with Crippen molar-refractivity contribution in [2.24, 2.45) is 0 Å². The van der Waals surface area contributed by atoms with Crippen molar-refractivity contribution < 1.29 is 4.92 Å². The average molecular weight is 240 g/mol. The summed E-state index contributed by atoms with van der Waals surface area (Å²) in [5.41, 5.74) is 2.47. The number of nitrogens with zero attached hydrogens (tertiary/aromatic N) is 2. The summed E-state index contributed by atoms with van der Waals surface area (Å²) >= 11 is 0. The third-order valence-electron chi connectivity index (χ3n) is 3.19. The number of nitro groups is 1. The Kier molecular flexibility index (Phi) is 2.48. The number of anilines is 1. The predicted molar refractivity (Wildman–Crippen MR) is 69.6 cm³/mol. The minimum Gasteiger partial charge on any atom is -0.360 e. The molecule has 0 radical (unpaired) electrons. The number of non-ortho nitro benzene ring substituents is 1. The van der Waals surface area contributed by atoms with Gasteiger partial charge in [0.25, 0.3) is 5.69 Å². The number of hydrogen-bond acceptors (Lipinski definition) is 3. The molecule has 1 atom stereocenters. The van der Waals surface area contributed by atoms with Crippen LogP contribution in [0, 0.1) is 10.1 Å². The van der Waals surface area contributed by atoms with Crippen LogP contribution in [0.15, 0.2) is 54.6 Å². The Morgan fingerprint density at radius 1 is 1.06 bits per heavy atom. The molecular weight excluding hydrogens is 228 g/mol. The Hall–Kier alpha value is -2.36. The summed E-state index contributed by atoms with van der Waals surface area (Å²) in [6.07, 6.45) is 0. The van der Waals surface area contributed by atoms with Crippen LogP contribution in [0.25, 0.3) is 0 Å². The van der Waals surface area contributed by atoms with E-state index in [1.54, 1.807) is 12.1 Å². The van der Waals surface area contributed by atoms with Gasteiger partial charge in [0.1, 0.15) is 0 Å². The van der Waals surface area contributed by atoms with Crippen LogP contribution >= 0.6 is 0 Å². The molecule has 1 aliphatic rings. The van der Waals surface area contributed by atoms with Crippen LogP contribution in [0.5, 0.6) is 0 Å². The Balaban J connectivity index is 1.77. The molecule has 2 aromatic carbocycles. The summed E-state index contributed by atoms with van der Waals surface area (Å²) in [7, 11) is 0. The maximum Gasteiger partial charge on any atom is 0.269 e. The molecule has 1 aliphatic heterocycles. The summed E-state index contributed by atoms with van der Waals surface area (Å²) in [6, 6.07) is 17.3. The molecule has 0 saturated carbocycles. The molecule has 18 heavy (non-hydrogen) atoms. The van der Waals surface area contributed by atoms with Gasteiger partial charge in [-0.15, -0.1) is 0 Å². The third-order valence-corrected chi connectivity index (χ3v) is 3.19. The first-order valence-electron chi connectivity index (χ1n) is 5.82. The molecule has 1 saturated heterocycles. The van der Waals surface area contributed by atoms with E-state index in [0.29, 0.717) is 6.04 Å². The molecule has 2 aromatic rings. The largest absolute Gasteiger partial charge is 0.360 e. The second-order valence-corrected chi connectivity index (χ2v) is 4.35. The van der Waals surface area contributed by atoms with E-state index in [1.807, 2.05) is 30.3 Å². The van der Waals surface area contributed by atoms with Crippen molar-refractivity contribution in [2.75, 3.05) is 11.4 Å². The number of nitro benzene ring substituents is 1. The molecule has 1 fully saturated rings. The monoisotopic (exact) mass is 240 g/mol. The van der Waals surface area contributed by atoms with E-state index in [1.165, 1.54) is 5.69 Å². The van der Waals surface area contributed by atoms with Crippen LogP contribution in [0.4, 0.5) is 11.4 Å². The topological polar surface area (TPSA) is 46.1 Å². The molecule has 0 N–H and O–H groups in total. The molecule has 1 heterocycles. The first-order chi connectivity index (χ1) is 8.75. The van der Waals surface area contributed by atoms with Crippen LogP contribution in [-0.2, 0) is 0 Å². The molecule has 4 heteroatoms. The average Bonchev–Trinajstić information content (AvgIpc) is 3.20. The first-order valence-corrected chi connectivity index (χ1v) is 5.82. The highest BCUT2D eigenvalue weighted by Gasteiger charge is 2.35. The van der Waals surface area contributed by atoms with Gasteiger partial charge in [-0.25, -0.2) is 0 Å². The number of rotatable bonds is 3. The van der Waals surface area contributed by atoms with Crippen LogP contribution in [0.2, 0.25) is 0 Å². The molecule has 1 unspecified atom stereocenters. The van der Waals surface area contributed by atoms with Gasteiger partial charge >= 0.3 is 0 Å². The molecule has 90 valence electrons. The summed E-state index contributed by atoms with van der Waals surface area (Å²) in [6.45, 7) is 0.974.